The van der Waals surface area contributed by atoms with Gasteiger partial charge in [-0.25, -0.2) is 18.4 Å². The number of aryl methyl sites for hydroxylation is 1. The predicted octanol–water partition coefficient (Wildman–Crippen LogP) is 4.44. The van der Waals surface area contributed by atoms with Crippen LogP contribution in [0.15, 0.2) is 42.7 Å². The number of hydrogen-bond acceptors (Lipinski definition) is 7. The van der Waals surface area contributed by atoms with Gasteiger partial charge in [-0.15, -0.1) is 0 Å². The second kappa shape index (κ2) is 10.9. The van der Waals surface area contributed by atoms with Gasteiger partial charge in [0.2, 0.25) is 0 Å². The second-order valence-electron chi connectivity index (χ2n) is 9.27. The molecule has 0 amide bonds. The highest BCUT2D eigenvalue weighted by Gasteiger charge is 2.48. The van der Waals surface area contributed by atoms with E-state index in [2.05, 4.69) is 15.2 Å². The summed E-state index contributed by atoms with van der Waals surface area (Å²) >= 11 is 11.6. The van der Waals surface area contributed by atoms with Crippen LogP contribution in [0.4, 0.5) is 22.0 Å². The molecular formula is C25H20Cl2F5N5O4. The highest BCUT2D eigenvalue weighted by atomic mass is 35.5. The molecule has 4 aromatic rings. The number of aliphatic hydroxyl groups is 3. The summed E-state index contributed by atoms with van der Waals surface area (Å²) < 4.78 is 77.8. The Bertz CT molecular complexity index is 1600. The molecule has 1 fully saturated rings. The standard InChI is InChI=1S/C25H20Cl2F5N5O4/c1-10-34-24(37(35-10)16-6-12(26)2-4-14(16)25(30,31)32)23-22(40)20(21(39)17(9-38)41-23)36-8-11(7-33-36)13-3-5-15(27)19(29)18(13)28/h2-8,17,20-23,38-40H,9H2,1H3/t17-,20+,21+,22-,23-/m1/s1. The Morgan fingerprint density at radius 2 is 1.78 bits per heavy atom. The number of hydrogen-bond donors (Lipinski definition) is 3. The van der Waals surface area contributed by atoms with Crippen LogP contribution in [0.2, 0.25) is 10.0 Å². The van der Waals surface area contributed by atoms with Crippen LogP contribution in [0.1, 0.15) is 29.4 Å². The van der Waals surface area contributed by atoms with Crippen LogP contribution in [0, 0.1) is 18.6 Å². The molecule has 3 heterocycles. The SMILES string of the molecule is Cc1nc([C@@H]2O[C@H](CO)[C@H](O)[C@H](n3cc(-c4ccc(Cl)c(F)c4F)cn3)[C@H]2O)n(-c2cc(Cl)ccc2C(F)(F)F)n1. The van der Waals surface area contributed by atoms with Crippen LogP contribution in [-0.4, -0.2) is 64.8 Å². The zero-order valence-corrected chi connectivity index (χ0v) is 22.3. The van der Waals surface area contributed by atoms with Gasteiger partial charge in [0.1, 0.15) is 36.3 Å². The largest absolute Gasteiger partial charge is 0.418 e. The number of aliphatic hydroxyl groups excluding tert-OH is 3. The molecule has 0 bridgehead atoms. The molecule has 0 spiro atoms. The lowest BCUT2D eigenvalue weighted by Gasteiger charge is -2.42. The van der Waals surface area contributed by atoms with Gasteiger partial charge in [-0.3, -0.25) is 4.68 Å². The van der Waals surface area contributed by atoms with E-state index < -0.39 is 71.1 Å². The average Bonchev–Trinajstić information content (AvgIpc) is 3.54. The predicted molar refractivity (Wildman–Crippen MR) is 134 cm³/mol. The van der Waals surface area contributed by atoms with Crippen molar-refractivity contribution in [3.8, 4) is 16.8 Å². The van der Waals surface area contributed by atoms with E-state index in [1.54, 1.807) is 0 Å². The molecule has 9 nitrogen and oxygen atoms in total. The van der Waals surface area contributed by atoms with Crippen molar-refractivity contribution in [1.82, 2.24) is 24.5 Å². The summed E-state index contributed by atoms with van der Waals surface area (Å²) in [4.78, 5) is 4.18. The zero-order valence-electron chi connectivity index (χ0n) is 20.8. The van der Waals surface area contributed by atoms with Crippen molar-refractivity contribution in [3.05, 3.63) is 81.6 Å². The summed E-state index contributed by atoms with van der Waals surface area (Å²) in [6.45, 7) is 0.645. The first-order valence-corrected chi connectivity index (χ1v) is 12.7. The first-order chi connectivity index (χ1) is 19.3. The summed E-state index contributed by atoms with van der Waals surface area (Å²) in [7, 11) is 0. The lowest BCUT2D eigenvalue weighted by Crippen LogP contribution is -2.53. The number of benzene rings is 2. The molecule has 0 radical (unpaired) electrons. The highest BCUT2D eigenvalue weighted by Crippen LogP contribution is 2.41. The Labute approximate surface area is 238 Å². The molecule has 1 aliphatic rings. The molecule has 2 aromatic heterocycles. The number of nitrogens with zero attached hydrogens (tertiary/aromatic N) is 5. The molecule has 1 saturated heterocycles. The van der Waals surface area contributed by atoms with Gasteiger partial charge in [-0.1, -0.05) is 23.2 Å². The summed E-state index contributed by atoms with van der Waals surface area (Å²) in [5.74, 6) is -2.79. The third kappa shape index (κ3) is 5.31. The van der Waals surface area contributed by atoms with E-state index in [4.69, 9.17) is 27.9 Å². The maximum Gasteiger partial charge on any atom is 0.418 e. The summed E-state index contributed by atoms with van der Waals surface area (Å²) in [5.41, 5.74) is -1.74. The molecule has 0 saturated carbocycles. The van der Waals surface area contributed by atoms with Crippen molar-refractivity contribution in [2.45, 2.75) is 43.6 Å². The molecule has 2 aromatic carbocycles. The van der Waals surface area contributed by atoms with Gasteiger partial charge in [-0.05, 0) is 37.3 Å². The van der Waals surface area contributed by atoms with Gasteiger partial charge >= 0.3 is 6.18 Å². The van der Waals surface area contributed by atoms with Crippen molar-refractivity contribution >= 4 is 23.2 Å². The minimum Gasteiger partial charge on any atom is -0.394 e. The molecule has 1 aliphatic heterocycles. The van der Waals surface area contributed by atoms with E-state index in [-0.39, 0.29) is 27.8 Å². The molecular weight excluding hydrogens is 600 g/mol. The number of rotatable bonds is 5. The summed E-state index contributed by atoms with van der Waals surface area (Å²) in [5, 5.41) is 39.9. The second-order valence-corrected chi connectivity index (χ2v) is 10.1. The highest BCUT2D eigenvalue weighted by molar-refractivity contribution is 6.31. The van der Waals surface area contributed by atoms with Gasteiger partial charge in [0, 0.05) is 22.3 Å². The molecule has 41 heavy (non-hydrogen) atoms. The van der Waals surface area contributed by atoms with Gasteiger partial charge in [0.05, 0.1) is 29.1 Å². The molecule has 5 rings (SSSR count). The summed E-state index contributed by atoms with van der Waals surface area (Å²) in [6.07, 6.45) is -8.68. The maximum absolute atomic E-state index is 14.6. The fourth-order valence-electron chi connectivity index (χ4n) is 4.73. The number of aromatic nitrogens is 5. The molecule has 5 atom stereocenters. The van der Waals surface area contributed by atoms with Crippen molar-refractivity contribution in [2.24, 2.45) is 0 Å². The molecule has 0 aliphatic carbocycles. The quantitative estimate of drug-likeness (QED) is 0.223. The molecule has 218 valence electrons. The van der Waals surface area contributed by atoms with Crippen LogP contribution in [-0.2, 0) is 10.9 Å². The van der Waals surface area contributed by atoms with E-state index in [1.807, 2.05) is 0 Å². The topological polar surface area (TPSA) is 118 Å². The zero-order chi connectivity index (χ0) is 29.8. The van der Waals surface area contributed by atoms with Crippen LogP contribution >= 0.6 is 23.2 Å². The minimum atomic E-state index is -4.81. The Hall–Kier alpha value is -3.14. The first kappa shape index (κ1) is 29.4. The lowest BCUT2D eigenvalue weighted by molar-refractivity contribution is -0.210. The van der Waals surface area contributed by atoms with Gasteiger partial charge in [0.15, 0.2) is 17.5 Å². The first-order valence-electron chi connectivity index (χ1n) is 11.9. The van der Waals surface area contributed by atoms with Crippen molar-refractivity contribution in [3.63, 3.8) is 0 Å². The van der Waals surface area contributed by atoms with E-state index in [1.165, 1.54) is 19.2 Å². The number of alkyl halides is 3. The Morgan fingerprint density at radius 1 is 1.05 bits per heavy atom. The number of ether oxygens (including phenoxy) is 1. The van der Waals surface area contributed by atoms with Gasteiger partial charge < -0.3 is 20.1 Å². The average molecular weight is 620 g/mol. The fourth-order valence-corrected chi connectivity index (χ4v) is 5.04. The lowest BCUT2D eigenvalue weighted by atomic mass is 9.92. The molecule has 0 unspecified atom stereocenters. The monoisotopic (exact) mass is 619 g/mol. The fraction of sp³-hybridized carbons (Fsp3) is 0.320. The Morgan fingerprint density at radius 3 is 2.46 bits per heavy atom. The Balaban J connectivity index is 1.59. The molecule has 3 N–H and O–H groups in total. The van der Waals surface area contributed by atoms with Crippen molar-refractivity contribution in [2.75, 3.05) is 6.61 Å². The van der Waals surface area contributed by atoms with E-state index in [0.717, 1.165) is 39.8 Å². The summed E-state index contributed by atoms with van der Waals surface area (Å²) in [6, 6.07) is 3.82. The minimum absolute atomic E-state index is 0.0220. The van der Waals surface area contributed by atoms with E-state index >= 15 is 0 Å². The molecule has 16 heteroatoms. The van der Waals surface area contributed by atoms with Crippen LogP contribution in [0.25, 0.3) is 16.8 Å². The van der Waals surface area contributed by atoms with Crippen molar-refractivity contribution in [1.29, 1.82) is 0 Å². The Kier molecular flexibility index (Phi) is 7.82. The van der Waals surface area contributed by atoms with Crippen molar-refractivity contribution < 1.29 is 42.0 Å². The van der Waals surface area contributed by atoms with Gasteiger partial charge in [0.25, 0.3) is 0 Å². The normalized spacial score (nSPS) is 23.2. The van der Waals surface area contributed by atoms with Crippen LogP contribution < -0.4 is 0 Å². The maximum atomic E-state index is 14.6. The smallest absolute Gasteiger partial charge is 0.394 e. The van der Waals surface area contributed by atoms with Gasteiger partial charge in [-0.2, -0.15) is 23.4 Å². The van der Waals surface area contributed by atoms with Crippen LogP contribution in [0.3, 0.4) is 0 Å². The third-order valence-corrected chi connectivity index (χ3v) is 7.16. The third-order valence-electron chi connectivity index (χ3n) is 6.63. The number of halogens is 7. The van der Waals surface area contributed by atoms with E-state index in [9.17, 15) is 37.3 Å². The van der Waals surface area contributed by atoms with Crippen LogP contribution in [0.5, 0.6) is 0 Å². The van der Waals surface area contributed by atoms with E-state index in [0.29, 0.717) is 0 Å².